The Morgan fingerprint density at radius 3 is 2.87 bits per heavy atom. The lowest BCUT2D eigenvalue weighted by atomic mass is 10.3. The average Bonchev–Trinajstić information content (AvgIpc) is 2.77. The van der Waals surface area contributed by atoms with E-state index in [0.717, 1.165) is 0 Å². The minimum atomic E-state index is -0.263. The van der Waals surface area contributed by atoms with E-state index in [9.17, 15) is 4.79 Å². The second kappa shape index (κ2) is 3.82. The van der Waals surface area contributed by atoms with Gasteiger partial charge in [0.05, 0.1) is 11.8 Å². The van der Waals surface area contributed by atoms with E-state index < -0.39 is 0 Å². The number of aryl methyl sites for hydroxylation is 2. The molecule has 2 rings (SSSR count). The number of thiazole rings is 1. The zero-order valence-corrected chi connectivity index (χ0v) is 9.23. The molecule has 0 radical (unpaired) electrons. The molecule has 0 aliphatic rings. The highest BCUT2D eigenvalue weighted by Gasteiger charge is 2.06. The topological polar surface area (TPSA) is 52.2 Å². The molecule has 2 heterocycles. The summed E-state index contributed by atoms with van der Waals surface area (Å²) >= 11 is 1.43. The van der Waals surface area contributed by atoms with Crippen molar-refractivity contribution in [2.75, 3.05) is 0 Å². The van der Waals surface area contributed by atoms with Crippen LogP contribution in [0.5, 0.6) is 0 Å². The largest absolute Gasteiger partial charge is 0.327 e. The second-order valence-corrected chi connectivity index (χ2v) is 3.99. The van der Waals surface area contributed by atoms with Crippen molar-refractivity contribution in [2.24, 2.45) is 19.1 Å². The van der Waals surface area contributed by atoms with E-state index in [-0.39, 0.29) is 5.91 Å². The summed E-state index contributed by atoms with van der Waals surface area (Å²) in [6.07, 6.45) is 5.03. The Bertz CT molecular complexity index is 548. The summed E-state index contributed by atoms with van der Waals surface area (Å²) in [6.45, 7) is 0. The first-order valence-corrected chi connectivity index (χ1v) is 5.22. The van der Waals surface area contributed by atoms with Gasteiger partial charge in [-0.2, -0.15) is 10.1 Å². The summed E-state index contributed by atoms with van der Waals surface area (Å²) in [4.78, 5) is 16.3. The molecular weight excluding hydrogens is 212 g/mol. The maximum Gasteiger partial charge on any atom is 0.282 e. The van der Waals surface area contributed by atoms with Crippen LogP contribution in [0.1, 0.15) is 10.4 Å². The van der Waals surface area contributed by atoms with Gasteiger partial charge < -0.3 is 4.57 Å². The zero-order valence-electron chi connectivity index (χ0n) is 8.41. The molecule has 0 saturated carbocycles. The maximum atomic E-state index is 11.7. The van der Waals surface area contributed by atoms with Gasteiger partial charge in [0.2, 0.25) is 0 Å². The molecule has 15 heavy (non-hydrogen) atoms. The Kier molecular flexibility index (Phi) is 2.51. The van der Waals surface area contributed by atoms with Crippen molar-refractivity contribution in [3.8, 4) is 0 Å². The van der Waals surface area contributed by atoms with Crippen LogP contribution in [-0.2, 0) is 14.1 Å². The predicted molar refractivity (Wildman–Crippen MR) is 56.4 cm³/mol. The highest BCUT2D eigenvalue weighted by atomic mass is 32.1. The van der Waals surface area contributed by atoms with Crippen molar-refractivity contribution in [1.82, 2.24) is 14.3 Å². The first-order valence-electron chi connectivity index (χ1n) is 4.34. The molecule has 6 heteroatoms. The number of amides is 1. The quantitative estimate of drug-likeness (QED) is 0.708. The lowest BCUT2D eigenvalue weighted by Crippen LogP contribution is -2.12. The van der Waals surface area contributed by atoms with Crippen LogP contribution >= 0.6 is 11.3 Å². The van der Waals surface area contributed by atoms with Crippen molar-refractivity contribution in [3.63, 3.8) is 0 Å². The molecule has 0 aliphatic carbocycles. The van der Waals surface area contributed by atoms with E-state index in [1.807, 2.05) is 18.6 Å². The van der Waals surface area contributed by atoms with Crippen LogP contribution in [0.4, 0.5) is 0 Å². The van der Waals surface area contributed by atoms with Crippen LogP contribution in [0.2, 0.25) is 0 Å². The zero-order chi connectivity index (χ0) is 10.8. The Hall–Kier alpha value is -1.69. The number of carbonyl (C=O) groups excluding carboxylic acids is 1. The molecule has 1 amide bonds. The lowest BCUT2D eigenvalue weighted by Gasteiger charge is -1.89. The van der Waals surface area contributed by atoms with Crippen molar-refractivity contribution < 1.29 is 4.79 Å². The van der Waals surface area contributed by atoms with Gasteiger partial charge in [-0.3, -0.25) is 9.48 Å². The van der Waals surface area contributed by atoms with Gasteiger partial charge in [-0.15, -0.1) is 11.3 Å². The van der Waals surface area contributed by atoms with Crippen molar-refractivity contribution in [3.05, 3.63) is 34.3 Å². The fourth-order valence-corrected chi connectivity index (χ4v) is 1.85. The average molecular weight is 222 g/mol. The third-order valence-electron chi connectivity index (χ3n) is 1.91. The first-order chi connectivity index (χ1) is 7.16. The van der Waals surface area contributed by atoms with Gasteiger partial charge in [0.15, 0.2) is 4.80 Å². The van der Waals surface area contributed by atoms with Crippen molar-refractivity contribution >= 4 is 17.2 Å². The van der Waals surface area contributed by atoms with Gasteiger partial charge in [0, 0.05) is 31.9 Å². The van der Waals surface area contributed by atoms with Gasteiger partial charge in [-0.05, 0) is 0 Å². The molecule has 0 spiro atoms. The fourth-order valence-electron chi connectivity index (χ4n) is 1.12. The highest BCUT2D eigenvalue weighted by molar-refractivity contribution is 7.07. The van der Waals surface area contributed by atoms with Crippen LogP contribution in [0.3, 0.4) is 0 Å². The number of nitrogens with zero attached hydrogens (tertiary/aromatic N) is 4. The molecule has 0 atom stereocenters. The van der Waals surface area contributed by atoms with Crippen LogP contribution < -0.4 is 4.80 Å². The molecule has 0 bridgehead atoms. The molecule has 2 aromatic rings. The number of aromatic nitrogens is 3. The summed E-state index contributed by atoms with van der Waals surface area (Å²) in [5.74, 6) is -0.263. The van der Waals surface area contributed by atoms with Gasteiger partial charge in [0.25, 0.3) is 5.91 Å². The van der Waals surface area contributed by atoms with E-state index in [1.165, 1.54) is 17.5 Å². The standard InChI is InChI=1S/C9H10N4OS/c1-12-3-4-15-9(12)11-8(14)7-5-10-13(2)6-7/h3-6H,1-2H3. The minimum absolute atomic E-state index is 0.263. The molecule has 0 N–H and O–H groups in total. The molecule has 0 saturated heterocycles. The Balaban J connectivity index is 2.35. The molecule has 2 aromatic heterocycles. The third-order valence-corrected chi connectivity index (χ3v) is 2.76. The van der Waals surface area contributed by atoms with E-state index in [0.29, 0.717) is 10.4 Å². The Morgan fingerprint density at radius 2 is 2.33 bits per heavy atom. The summed E-state index contributed by atoms with van der Waals surface area (Å²) < 4.78 is 3.39. The molecule has 78 valence electrons. The lowest BCUT2D eigenvalue weighted by molar-refractivity contribution is 0.0998. The smallest absolute Gasteiger partial charge is 0.282 e. The van der Waals surface area contributed by atoms with E-state index in [4.69, 9.17) is 0 Å². The maximum absolute atomic E-state index is 11.7. The molecule has 0 aromatic carbocycles. The van der Waals surface area contributed by atoms with E-state index in [2.05, 4.69) is 10.1 Å². The number of carbonyl (C=O) groups is 1. The van der Waals surface area contributed by atoms with Crippen LogP contribution in [0.15, 0.2) is 29.0 Å². The Morgan fingerprint density at radius 1 is 1.53 bits per heavy atom. The second-order valence-electron chi connectivity index (χ2n) is 3.12. The van der Waals surface area contributed by atoms with Crippen LogP contribution in [0.25, 0.3) is 0 Å². The molecule has 0 fully saturated rings. The molecule has 0 unspecified atom stereocenters. The third kappa shape index (κ3) is 2.04. The van der Waals surface area contributed by atoms with Crippen LogP contribution in [0, 0.1) is 0 Å². The monoisotopic (exact) mass is 222 g/mol. The molecular formula is C9H10N4OS. The fraction of sp³-hybridized carbons (Fsp3) is 0.222. The van der Waals surface area contributed by atoms with E-state index >= 15 is 0 Å². The van der Waals surface area contributed by atoms with Crippen molar-refractivity contribution in [2.45, 2.75) is 0 Å². The van der Waals surface area contributed by atoms with Gasteiger partial charge in [0.1, 0.15) is 0 Å². The SMILES string of the molecule is Cn1cc(C(=O)N=c2sccn2C)cn1. The summed E-state index contributed by atoms with van der Waals surface area (Å²) in [7, 11) is 3.62. The summed E-state index contributed by atoms with van der Waals surface area (Å²) in [5, 5.41) is 5.81. The summed E-state index contributed by atoms with van der Waals surface area (Å²) in [5.41, 5.74) is 0.505. The van der Waals surface area contributed by atoms with Crippen LogP contribution in [-0.4, -0.2) is 20.3 Å². The first kappa shape index (κ1) is 9.85. The normalized spacial score (nSPS) is 12.0. The van der Waals surface area contributed by atoms with E-state index in [1.54, 1.807) is 22.5 Å². The van der Waals surface area contributed by atoms with Gasteiger partial charge in [-0.25, -0.2) is 0 Å². The van der Waals surface area contributed by atoms with Crippen molar-refractivity contribution in [1.29, 1.82) is 0 Å². The minimum Gasteiger partial charge on any atom is -0.327 e. The summed E-state index contributed by atoms with van der Waals surface area (Å²) in [6, 6.07) is 0. The number of hydrogen-bond donors (Lipinski definition) is 0. The Labute approximate surface area is 90.3 Å². The number of hydrogen-bond acceptors (Lipinski definition) is 3. The molecule has 0 aliphatic heterocycles. The predicted octanol–water partition coefficient (Wildman–Crippen LogP) is 0.561. The molecule has 5 nitrogen and oxygen atoms in total. The van der Waals surface area contributed by atoms with Gasteiger partial charge in [-0.1, -0.05) is 0 Å². The van der Waals surface area contributed by atoms with Gasteiger partial charge >= 0.3 is 0 Å². The highest BCUT2D eigenvalue weighted by Crippen LogP contribution is 1.98. The number of rotatable bonds is 1.